The fourth-order valence-corrected chi connectivity index (χ4v) is 2.67. The van der Waals surface area contributed by atoms with E-state index in [1.165, 1.54) is 0 Å². The van der Waals surface area contributed by atoms with Crippen LogP contribution in [0.3, 0.4) is 0 Å². The lowest BCUT2D eigenvalue weighted by Gasteiger charge is -2.32. The zero-order valence-corrected chi connectivity index (χ0v) is 11.5. The van der Waals surface area contributed by atoms with Gasteiger partial charge in [0.2, 0.25) is 0 Å². The molecule has 1 aliphatic rings. The van der Waals surface area contributed by atoms with Crippen molar-refractivity contribution in [2.24, 2.45) is 0 Å². The second-order valence-electron chi connectivity index (χ2n) is 4.71. The van der Waals surface area contributed by atoms with Crippen molar-refractivity contribution in [3.05, 3.63) is 24.6 Å². The summed E-state index contributed by atoms with van der Waals surface area (Å²) in [7, 11) is 0. The van der Waals surface area contributed by atoms with Gasteiger partial charge in [0.05, 0.1) is 24.4 Å². The molecular formula is C14H17ClN2O2. The Morgan fingerprint density at radius 1 is 1.37 bits per heavy atom. The van der Waals surface area contributed by atoms with Gasteiger partial charge >= 0.3 is 0 Å². The van der Waals surface area contributed by atoms with Crippen LogP contribution in [0.25, 0.3) is 11.0 Å². The standard InChI is InChI=1S/C14H17ClN2O2/c15-5-10-18-11-2-7-17(8-3-11)14-12-4-9-19-13(12)1-6-16-14/h1,4,6,9,11H,2-3,5,7-8,10H2. The van der Waals surface area contributed by atoms with Gasteiger partial charge in [0.25, 0.3) is 0 Å². The molecular weight excluding hydrogens is 264 g/mol. The number of pyridine rings is 1. The van der Waals surface area contributed by atoms with E-state index >= 15 is 0 Å². The number of anilines is 1. The van der Waals surface area contributed by atoms with Crippen LogP contribution < -0.4 is 4.90 Å². The SMILES string of the molecule is ClCCOC1CCN(c2nccc3occc23)CC1. The zero-order chi connectivity index (χ0) is 13.1. The predicted octanol–water partition coefficient (Wildman–Crippen LogP) is 3.05. The van der Waals surface area contributed by atoms with E-state index < -0.39 is 0 Å². The largest absolute Gasteiger partial charge is 0.464 e. The summed E-state index contributed by atoms with van der Waals surface area (Å²) in [6.07, 6.45) is 5.89. The van der Waals surface area contributed by atoms with Crippen LogP contribution in [0.5, 0.6) is 0 Å². The molecule has 0 saturated carbocycles. The third kappa shape index (κ3) is 2.69. The van der Waals surface area contributed by atoms with Gasteiger partial charge in [-0.05, 0) is 25.0 Å². The summed E-state index contributed by atoms with van der Waals surface area (Å²) < 4.78 is 11.1. The minimum absolute atomic E-state index is 0.332. The number of halogens is 1. The molecule has 102 valence electrons. The molecule has 1 fully saturated rings. The Bertz CT molecular complexity index is 535. The van der Waals surface area contributed by atoms with Gasteiger partial charge in [-0.15, -0.1) is 11.6 Å². The van der Waals surface area contributed by atoms with Gasteiger partial charge in [0, 0.05) is 25.2 Å². The molecule has 0 aliphatic carbocycles. The van der Waals surface area contributed by atoms with Crippen LogP contribution >= 0.6 is 11.6 Å². The number of nitrogens with zero attached hydrogens (tertiary/aromatic N) is 2. The Hall–Kier alpha value is -1.26. The molecule has 2 aromatic heterocycles. The molecule has 0 aromatic carbocycles. The molecule has 4 nitrogen and oxygen atoms in total. The summed E-state index contributed by atoms with van der Waals surface area (Å²) in [5.41, 5.74) is 0.894. The van der Waals surface area contributed by atoms with Crippen molar-refractivity contribution in [1.82, 2.24) is 4.98 Å². The molecule has 2 aromatic rings. The van der Waals surface area contributed by atoms with Gasteiger partial charge in [-0.3, -0.25) is 0 Å². The third-order valence-electron chi connectivity index (χ3n) is 3.53. The first-order valence-corrected chi connectivity index (χ1v) is 7.16. The first-order valence-electron chi connectivity index (χ1n) is 6.63. The molecule has 3 heterocycles. The number of piperidine rings is 1. The van der Waals surface area contributed by atoms with Crippen LogP contribution in [0.2, 0.25) is 0 Å². The molecule has 0 bridgehead atoms. The lowest BCUT2D eigenvalue weighted by Crippen LogP contribution is -2.37. The highest BCUT2D eigenvalue weighted by molar-refractivity contribution is 6.17. The first kappa shape index (κ1) is 12.8. The summed E-state index contributed by atoms with van der Waals surface area (Å²) in [4.78, 5) is 6.80. The smallest absolute Gasteiger partial charge is 0.139 e. The fourth-order valence-electron chi connectivity index (χ4n) is 2.58. The molecule has 0 radical (unpaired) electrons. The Morgan fingerprint density at radius 3 is 3.00 bits per heavy atom. The van der Waals surface area contributed by atoms with Crippen molar-refractivity contribution < 1.29 is 9.15 Å². The Balaban J connectivity index is 1.69. The summed E-state index contributed by atoms with van der Waals surface area (Å²) >= 11 is 5.64. The van der Waals surface area contributed by atoms with Crippen molar-refractivity contribution in [3.63, 3.8) is 0 Å². The average molecular weight is 281 g/mol. The number of rotatable bonds is 4. The lowest BCUT2D eigenvalue weighted by molar-refractivity contribution is 0.0471. The van der Waals surface area contributed by atoms with E-state index in [0.717, 1.165) is 42.7 Å². The van der Waals surface area contributed by atoms with E-state index in [4.69, 9.17) is 20.8 Å². The molecule has 0 N–H and O–H groups in total. The molecule has 5 heteroatoms. The van der Waals surface area contributed by atoms with Gasteiger partial charge in [-0.1, -0.05) is 0 Å². The summed E-state index contributed by atoms with van der Waals surface area (Å²) in [6.45, 7) is 2.57. The predicted molar refractivity (Wildman–Crippen MR) is 75.9 cm³/mol. The number of ether oxygens (including phenoxy) is 1. The maximum Gasteiger partial charge on any atom is 0.139 e. The van der Waals surface area contributed by atoms with E-state index in [0.29, 0.717) is 18.6 Å². The van der Waals surface area contributed by atoms with Crippen LogP contribution in [0.4, 0.5) is 5.82 Å². The molecule has 19 heavy (non-hydrogen) atoms. The van der Waals surface area contributed by atoms with E-state index in [-0.39, 0.29) is 0 Å². The molecule has 0 amide bonds. The highest BCUT2D eigenvalue weighted by Gasteiger charge is 2.22. The number of furan rings is 1. The minimum Gasteiger partial charge on any atom is -0.464 e. The first-order chi connectivity index (χ1) is 9.38. The molecule has 3 rings (SSSR count). The van der Waals surface area contributed by atoms with E-state index in [1.807, 2.05) is 12.1 Å². The van der Waals surface area contributed by atoms with Gasteiger partial charge in [0.1, 0.15) is 11.4 Å². The van der Waals surface area contributed by atoms with Crippen LogP contribution in [0, 0.1) is 0 Å². The highest BCUT2D eigenvalue weighted by Crippen LogP contribution is 2.27. The number of fused-ring (bicyclic) bond motifs is 1. The van der Waals surface area contributed by atoms with Gasteiger partial charge in [-0.2, -0.15) is 0 Å². The average Bonchev–Trinajstić information content (AvgIpc) is 2.94. The molecule has 0 spiro atoms. The van der Waals surface area contributed by atoms with Crippen LogP contribution in [0.15, 0.2) is 29.0 Å². The van der Waals surface area contributed by atoms with Crippen molar-refractivity contribution in [2.45, 2.75) is 18.9 Å². The molecule has 0 atom stereocenters. The third-order valence-corrected chi connectivity index (χ3v) is 3.69. The normalized spacial score (nSPS) is 17.2. The van der Waals surface area contributed by atoms with Gasteiger partial charge in [-0.25, -0.2) is 4.98 Å². The maximum absolute atomic E-state index is 5.69. The molecule has 1 aliphatic heterocycles. The van der Waals surface area contributed by atoms with Crippen molar-refractivity contribution in [1.29, 1.82) is 0 Å². The topological polar surface area (TPSA) is 38.5 Å². The number of aromatic nitrogens is 1. The zero-order valence-electron chi connectivity index (χ0n) is 10.7. The summed E-state index contributed by atoms with van der Waals surface area (Å²) in [5.74, 6) is 1.58. The number of hydrogen-bond acceptors (Lipinski definition) is 4. The quantitative estimate of drug-likeness (QED) is 0.807. The van der Waals surface area contributed by atoms with Crippen LogP contribution in [0.1, 0.15) is 12.8 Å². The van der Waals surface area contributed by atoms with E-state index in [1.54, 1.807) is 12.5 Å². The van der Waals surface area contributed by atoms with E-state index in [2.05, 4.69) is 9.88 Å². The van der Waals surface area contributed by atoms with Crippen molar-refractivity contribution in [2.75, 3.05) is 30.5 Å². The van der Waals surface area contributed by atoms with Gasteiger partial charge < -0.3 is 14.1 Å². The van der Waals surface area contributed by atoms with Gasteiger partial charge in [0.15, 0.2) is 0 Å². The Kier molecular flexibility index (Phi) is 3.89. The second-order valence-corrected chi connectivity index (χ2v) is 5.09. The molecule has 0 unspecified atom stereocenters. The molecule has 1 saturated heterocycles. The monoisotopic (exact) mass is 280 g/mol. The fraction of sp³-hybridized carbons (Fsp3) is 0.500. The number of hydrogen-bond donors (Lipinski definition) is 0. The maximum atomic E-state index is 5.69. The number of alkyl halides is 1. The van der Waals surface area contributed by atoms with E-state index in [9.17, 15) is 0 Å². The second kappa shape index (κ2) is 5.80. The Labute approximate surface area is 117 Å². The minimum atomic E-state index is 0.332. The summed E-state index contributed by atoms with van der Waals surface area (Å²) in [5, 5.41) is 1.09. The van der Waals surface area contributed by atoms with Crippen molar-refractivity contribution in [3.8, 4) is 0 Å². The van der Waals surface area contributed by atoms with Crippen LogP contribution in [-0.2, 0) is 4.74 Å². The lowest BCUT2D eigenvalue weighted by atomic mass is 10.1. The Morgan fingerprint density at radius 2 is 2.21 bits per heavy atom. The highest BCUT2D eigenvalue weighted by atomic mass is 35.5. The van der Waals surface area contributed by atoms with Crippen LogP contribution in [-0.4, -0.2) is 36.7 Å². The summed E-state index contributed by atoms with van der Waals surface area (Å²) in [6, 6.07) is 3.88. The van der Waals surface area contributed by atoms with Crippen molar-refractivity contribution >= 4 is 28.4 Å².